The van der Waals surface area contributed by atoms with Crippen LogP contribution in [-0.2, 0) is 21.7 Å². The van der Waals surface area contributed by atoms with Gasteiger partial charge in [-0.15, -0.1) is 0 Å². The van der Waals surface area contributed by atoms with E-state index in [1.807, 2.05) is 49.4 Å². The molecule has 0 spiro atoms. The molecule has 1 aliphatic rings. The summed E-state index contributed by atoms with van der Waals surface area (Å²) in [6, 6.07) is 15.4. The molecule has 2 aromatic carbocycles. The van der Waals surface area contributed by atoms with E-state index in [1.54, 1.807) is 19.1 Å². The van der Waals surface area contributed by atoms with Gasteiger partial charge in [0.15, 0.2) is 0 Å². The van der Waals surface area contributed by atoms with E-state index < -0.39 is 29.4 Å². The number of rotatable bonds is 6. The van der Waals surface area contributed by atoms with Gasteiger partial charge in [-0.05, 0) is 30.5 Å². The Labute approximate surface area is 174 Å². The van der Waals surface area contributed by atoms with Crippen molar-refractivity contribution in [3.63, 3.8) is 0 Å². The lowest BCUT2D eigenvalue weighted by molar-refractivity contribution is -0.131. The van der Waals surface area contributed by atoms with Crippen molar-refractivity contribution >= 4 is 23.9 Å². The lowest BCUT2D eigenvalue weighted by Crippen LogP contribution is -2.42. The zero-order valence-electron chi connectivity index (χ0n) is 16.9. The van der Waals surface area contributed by atoms with Gasteiger partial charge in [0.1, 0.15) is 5.54 Å². The summed E-state index contributed by atoms with van der Waals surface area (Å²) < 4.78 is 0. The third kappa shape index (κ3) is 4.48. The first-order valence-corrected chi connectivity index (χ1v) is 9.63. The monoisotopic (exact) mass is 408 g/mol. The number of hydrogen-bond donors (Lipinski definition) is 3. The number of carbonyl (C=O) groups excluding carboxylic acids is 4. The molecule has 1 atom stereocenters. The van der Waals surface area contributed by atoms with E-state index in [2.05, 4.69) is 16.0 Å². The number of hydrogen-bond acceptors (Lipinski definition) is 4. The molecular weight excluding hydrogens is 384 g/mol. The summed E-state index contributed by atoms with van der Waals surface area (Å²) in [6.07, 6.45) is -0.179. The topological polar surface area (TPSA) is 108 Å². The van der Waals surface area contributed by atoms with E-state index in [9.17, 15) is 19.2 Å². The van der Waals surface area contributed by atoms with E-state index in [0.29, 0.717) is 5.56 Å². The Morgan fingerprint density at radius 3 is 2.40 bits per heavy atom. The van der Waals surface area contributed by atoms with Gasteiger partial charge in [-0.3, -0.25) is 19.8 Å². The molecule has 1 unspecified atom stereocenters. The van der Waals surface area contributed by atoms with E-state index in [0.717, 1.165) is 16.0 Å². The summed E-state index contributed by atoms with van der Waals surface area (Å²) in [5, 5.41) is 7.51. The molecule has 0 saturated carbocycles. The van der Waals surface area contributed by atoms with Crippen LogP contribution in [0.3, 0.4) is 0 Å². The molecule has 8 heteroatoms. The largest absolute Gasteiger partial charge is 0.334 e. The van der Waals surface area contributed by atoms with Crippen LogP contribution in [0.5, 0.6) is 0 Å². The molecule has 1 heterocycles. The molecule has 0 bridgehead atoms. The minimum atomic E-state index is -1.19. The normalized spacial score (nSPS) is 18.1. The Hall–Kier alpha value is -3.68. The fourth-order valence-electron chi connectivity index (χ4n) is 3.44. The van der Waals surface area contributed by atoms with Crippen LogP contribution in [0.15, 0.2) is 54.6 Å². The molecule has 30 heavy (non-hydrogen) atoms. The minimum absolute atomic E-state index is 0.121. The maximum atomic E-state index is 12.9. The van der Waals surface area contributed by atoms with E-state index in [-0.39, 0.29) is 19.5 Å². The van der Waals surface area contributed by atoms with E-state index in [4.69, 9.17) is 0 Å². The van der Waals surface area contributed by atoms with Crippen LogP contribution in [0.25, 0.3) is 0 Å². The van der Waals surface area contributed by atoms with Gasteiger partial charge in [0, 0.05) is 19.5 Å². The van der Waals surface area contributed by atoms with Gasteiger partial charge in [-0.25, -0.2) is 9.59 Å². The van der Waals surface area contributed by atoms with Crippen molar-refractivity contribution in [3.05, 3.63) is 71.3 Å². The molecular formula is C22H24N4O4. The predicted molar refractivity (Wildman–Crippen MR) is 110 cm³/mol. The van der Waals surface area contributed by atoms with Crippen LogP contribution in [0.4, 0.5) is 9.59 Å². The Balaban J connectivity index is 1.53. The zero-order chi connectivity index (χ0) is 21.7. The molecule has 156 valence electrons. The molecule has 0 aromatic heterocycles. The van der Waals surface area contributed by atoms with Gasteiger partial charge in [-0.2, -0.15) is 0 Å². The highest BCUT2D eigenvalue weighted by molar-refractivity contribution is 6.07. The van der Waals surface area contributed by atoms with Gasteiger partial charge >= 0.3 is 12.1 Å². The van der Waals surface area contributed by atoms with Crippen LogP contribution >= 0.6 is 0 Å². The van der Waals surface area contributed by atoms with Crippen molar-refractivity contribution in [1.29, 1.82) is 0 Å². The summed E-state index contributed by atoms with van der Waals surface area (Å²) >= 11 is 0. The minimum Gasteiger partial charge on any atom is -0.334 e. The Morgan fingerprint density at radius 2 is 1.70 bits per heavy atom. The van der Waals surface area contributed by atoms with Gasteiger partial charge < -0.3 is 10.6 Å². The van der Waals surface area contributed by atoms with Crippen molar-refractivity contribution in [2.45, 2.75) is 32.4 Å². The molecule has 6 amide bonds. The predicted octanol–water partition coefficient (Wildman–Crippen LogP) is 2.18. The summed E-state index contributed by atoms with van der Waals surface area (Å²) in [4.78, 5) is 50.2. The number of benzene rings is 2. The Kier molecular flexibility index (Phi) is 6.15. The highest BCUT2D eigenvalue weighted by Gasteiger charge is 2.49. The molecule has 0 radical (unpaired) electrons. The van der Waals surface area contributed by atoms with Crippen molar-refractivity contribution in [2.75, 3.05) is 6.54 Å². The van der Waals surface area contributed by atoms with Gasteiger partial charge in [0.2, 0.25) is 5.91 Å². The summed E-state index contributed by atoms with van der Waals surface area (Å²) in [5.41, 5.74) is 1.29. The maximum Gasteiger partial charge on any atom is 0.325 e. The van der Waals surface area contributed by atoms with Crippen molar-refractivity contribution in [1.82, 2.24) is 20.9 Å². The molecule has 8 nitrogen and oxygen atoms in total. The van der Waals surface area contributed by atoms with Gasteiger partial charge in [0.25, 0.3) is 5.91 Å². The third-order valence-corrected chi connectivity index (χ3v) is 5.07. The molecule has 1 fully saturated rings. The van der Waals surface area contributed by atoms with Gasteiger partial charge in [-0.1, -0.05) is 54.6 Å². The zero-order valence-corrected chi connectivity index (χ0v) is 16.9. The molecule has 2 aromatic rings. The third-order valence-electron chi connectivity index (χ3n) is 5.07. The quantitative estimate of drug-likeness (QED) is 0.637. The number of amides is 6. The summed E-state index contributed by atoms with van der Waals surface area (Å²) in [7, 11) is 0. The van der Waals surface area contributed by atoms with Crippen LogP contribution < -0.4 is 16.0 Å². The van der Waals surface area contributed by atoms with Crippen molar-refractivity contribution in [3.8, 4) is 0 Å². The first-order valence-electron chi connectivity index (χ1n) is 9.63. The number of nitrogens with zero attached hydrogens (tertiary/aromatic N) is 1. The number of imide groups is 2. The average Bonchev–Trinajstić information content (AvgIpc) is 2.95. The van der Waals surface area contributed by atoms with E-state index >= 15 is 0 Å². The lowest BCUT2D eigenvalue weighted by atomic mass is 9.88. The first-order chi connectivity index (χ1) is 14.3. The standard InChI is InChI=1S/C22H24N4O4/c1-15-8-6-7-11-17(15)22(2)19(28)26(21(30)25-22)13-12-18(27)24-20(29)23-14-16-9-4-3-5-10-16/h3-11H,12-14H2,1-2H3,(H,25,30)(H2,23,24,27,29). The van der Waals surface area contributed by atoms with Crippen molar-refractivity contribution in [2.24, 2.45) is 0 Å². The smallest absolute Gasteiger partial charge is 0.325 e. The number of aryl methyl sites for hydroxylation is 1. The second-order valence-electron chi connectivity index (χ2n) is 7.29. The fourth-order valence-corrected chi connectivity index (χ4v) is 3.44. The second-order valence-corrected chi connectivity index (χ2v) is 7.29. The molecule has 1 saturated heterocycles. The number of urea groups is 2. The Bertz CT molecular complexity index is 976. The fraction of sp³-hybridized carbons (Fsp3) is 0.273. The van der Waals surface area contributed by atoms with Crippen LogP contribution in [0.2, 0.25) is 0 Å². The summed E-state index contributed by atoms with van der Waals surface area (Å²) in [5.74, 6) is -1.01. The average molecular weight is 408 g/mol. The molecule has 3 rings (SSSR count). The van der Waals surface area contributed by atoms with Crippen LogP contribution in [-0.4, -0.2) is 35.3 Å². The Morgan fingerprint density at radius 1 is 1.03 bits per heavy atom. The van der Waals surface area contributed by atoms with Gasteiger partial charge in [0.05, 0.1) is 0 Å². The highest BCUT2D eigenvalue weighted by Crippen LogP contribution is 2.30. The van der Waals surface area contributed by atoms with Crippen LogP contribution in [0.1, 0.15) is 30.0 Å². The lowest BCUT2D eigenvalue weighted by Gasteiger charge is -2.24. The first kappa shape index (κ1) is 21.0. The van der Waals surface area contributed by atoms with Crippen molar-refractivity contribution < 1.29 is 19.2 Å². The molecule has 3 N–H and O–H groups in total. The highest BCUT2D eigenvalue weighted by atomic mass is 16.2. The van der Waals surface area contributed by atoms with Crippen LogP contribution in [0, 0.1) is 6.92 Å². The molecule has 0 aliphatic carbocycles. The number of nitrogens with one attached hydrogen (secondary N) is 3. The number of carbonyl (C=O) groups is 4. The second kappa shape index (κ2) is 8.77. The molecule has 1 aliphatic heterocycles. The SMILES string of the molecule is Cc1ccccc1C1(C)NC(=O)N(CCC(=O)NC(=O)NCc2ccccc2)C1=O. The van der Waals surface area contributed by atoms with E-state index in [1.165, 1.54) is 0 Å². The summed E-state index contributed by atoms with van der Waals surface area (Å²) in [6.45, 7) is 3.67. The maximum absolute atomic E-state index is 12.9.